The van der Waals surface area contributed by atoms with Gasteiger partial charge in [-0.1, -0.05) is 54.6 Å². The summed E-state index contributed by atoms with van der Waals surface area (Å²) in [7, 11) is 3.18. The van der Waals surface area contributed by atoms with Gasteiger partial charge in [0.15, 0.2) is 17.2 Å². The number of ether oxygens (including phenoxy) is 2. The molecular weight excluding hydrogens is 402 g/mol. The average molecular weight is 428 g/mol. The summed E-state index contributed by atoms with van der Waals surface area (Å²) in [5, 5.41) is 7.70. The molecule has 1 amide bonds. The second-order valence-electron chi connectivity index (χ2n) is 7.35. The van der Waals surface area contributed by atoms with E-state index in [0.29, 0.717) is 22.8 Å². The van der Waals surface area contributed by atoms with E-state index in [9.17, 15) is 4.79 Å². The van der Waals surface area contributed by atoms with E-state index in [1.165, 1.54) is 0 Å². The first-order valence-corrected chi connectivity index (χ1v) is 10.3. The molecule has 3 aromatic carbocycles. The monoisotopic (exact) mass is 427 g/mol. The number of aromatic nitrogens is 2. The van der Waals surface area contributed by atoms with E-state index >= 15 is 0 Å². The lowest BCUT2D eigenvalue weighted by atomic mass is 10.0. The van der Waals surface area contributed by atoms with Gasteiger partial charge in [-0.05, 0) is 42.3 Å². The molecule has 32 heavy (non-hydrogen) atoms. The normalized spacial score (nSPS) is 11.6. The number of benzene rings is 3. The Bertz CT molecular complexity index is 1200. The van der Waals surface area contributed by atoms with Gasteiger partial charge >= 0.3 is 0 Å². The van der Waals surface area contributed by atoms with Crippen molar-refractivity contribution in [1.82, 2.24) is 15.1 Å². The predicted octanol–water partition coefficient (Wildman–Crippen LogP) is 5.05. The number of carbonyl (C=O) groups is 1. The fraction of sp³-hybridized carbons (Fsp3) is 0.154. The molecule has 4 rings (SSSR count). The molecule has 1 heterocycles. The van der Waals surface area contributed by atoms with E-state index < -0.39 is 0 Å². The fourth-order valence-electron chi connectivity index (χ4n) is 3.56. The van der Waals surface area contributed by atoms with Crippen LogP contribution in [0.1, 0.15) is 29.0 Å². The first-order chi connectivity index (χ1) is 15.6. The molecular formula is C26H25N3O3. The van der Waals surface area contributed by atoms with Crippen molar-refractivity contribution >= 4 is 5.91 Å². The molecule has 162 valence electrons. The van der Waals surface area contributed by atoms with E-state index in [0.717, 1.165) is 16.8 Å². The van der Waals surface area contributed by atoms with Crippen LogP contribution in [0.15, 0.2) is 85.1 Å². The first-order valence-electron chi connectivity index (χ1n) is 10.3. The number of methoxy groups -OCH3 is 2. The average Bonchev–Trinajstić information content (AvgIpc) is 3.30. The first kappa shape index (κ1) is 21.2. The number of hydrogen-bond acceptors (Lipinski definition) is 4. The van der Waals surface area contributed by atoms with Gasteiger partial charge in [0.25, 0.3) is 5.91 Å². The fourth-order valence-corrected chi connectivity index (χ4v) is 3.56. The molecule has 0 fully saturated rings. The molecule has 6 nitrogen and oxygen atoms in total. The summed E-state index contributed by atoms with van der Waals surface area (Å²) in [6.45, 7) is 1.96. The molecule has 1 atom stereocenters. The van der Waals surface area contributed by atoms with Gasteiger partial charge in [0.1, 0.15) is 0 Å². The van der Waals surface area contributed by atoms with E-state index in [4.69, 9.17) is 9.47 Å². The van der Waals surface area contributed by atoms with Crippen molar-refractivity contribution in [2.75, 3.05) is 14.2 Å². The molecule has 1 aromatic heterocycles. The van der Waals surface area contributed by atoms with Gasteiger partial charge in [0.2, 0.25) is 0 Å². The summed E-state index contributed by atoms with van der Waals surface area (Å²) in [5.74, 6) is 0.956. The van der Waals surface area contributed by atoms with Crippen LogP contribution >= 0.6 is 0 Å². The van der Waals surface area contributed by atoms with E-state index in [2.05, 4.69) is 10.4 Å². The van der Waals surface area contributed by atoms with Crippen LogP contribution in [0.5, 0.6) is 11.5 Å². The Kier molecular flexibility index (Phi) is 6.22. The molecule has 0 aliphatic carbocycles. The topological polar surface area (TPSA) is 65.4 Å². The third kappa shape index (κ3) is 4.34. The van der Waals surface area contributed by atoms with Crippen molar-refractivity contribution in [1.29, 1.82) is 0 Å². The van der Waals surface area contributed by atoms with Crippen LogP contribution in [0.4, 0.5) is 0 Å². The molecule has 0 aliphatic heterocycles. The van der Waals surface area contributed by atoms with E-state index in [-0.39, 0.29) is 11.9 Å². The van der Waals surface area contributed by atoms with Crippen molar-refractivity contribution in [3.63, 3.8) is 0 Å². The van der Waals surface area contributed by atoms with Crippen LogP contribution < -0.4 is 14.8 Å². The van der Waals surface area contributed by atoms with Gasteiger partial charge in [-0.15, -0.1) is 0 Å². The molecule has 4 aromatic rings. The Morgan fingerprint density at radius 2 is 1.56 bits per heavy atom. The minimum Gasteiger partial charge on any atom is -0.493 e. The lowest BCUT2D eigenvalue weighted by Crippen LogP contribution is -2.27. The van der Waals surface area contributed by atoms with Gasteiger partial charge in [-0.2, -0.15) is 5.10 Å². The second-order valence-corrected chi connectivity index (χ2v) is 7.35. The Balaban J connectivity index is 1.75. The Hall–Kier alpha value is -4.06. The molecule has 0 spiro atoms. The van der Waals surface area contributed by atoms with Crippen molar-refractivity contribution in [2.45, 2.75) is 13.0 Å². The van der Waals surface area contributed by atoms with Crippen molar-refractivity contribution in [3.05, 3.63) is 96.3 Å². The highest BCUT2D eigenvalue weighted by molar-refractivity contribution is 5.99. The summed E-state index contributed by atoms with van der Waals surface area (Å²) < 4.78 is 12.5. The maximum Gasteiger partial charge on any atom is 0.272 e. The quantitative estimate of drug-likeness (QED) is 0.448. The van der Waals surface area contributed by atoms with Crippen LogP contribution in [0.3, 0.4) is 0 Å². The molecule has 6 heteroatoms. The van der Waals surface area contributed by atoms with Crippen LogP contribution in [0, 0.1) is 0 Å². The minimum absolute atomic E-state index is 0.163. The standard InChI is InChI=1S/C26H25N3O3/c1-18(19-10-6-4-7-11-19)27-26(30)25-22(17-29(28-25)21-12-8-5-9-13-21)20-14-15-23(31-2)24(16-20)32-3/h4-18H,1-3H3,(H,27,30). The van der Waals surface area contributed by atoms with Gasteiger partial charge in [-0.25, -0.2) is 4.68 Å². The van der Waals surface area contributed by atoms with E-state index in [1.807, 2.05) is 92.0 Å². The number of para-hydroxylation sites is 1. The van der Waals surface area contributed by atoms with Gasteiger partial charge in [-0.3, -0.25) is 4.79 Å². The predicted molar refractivity (Wildman–Crippen MR) is 124 cm³/mol. The smallest absolute Gasteiger partial charge is 0.272 e. The molecule has 0 radical (unpaired) electrons. The number of rotatable bonds is 7. The molecule has 1 unspecified atom stereocenters. The zero-order valence-electron chi connectivity index (χ0n) is 18.3. The van der Waals surface area contributed by atoms with E-state index in [1.54, 1.807) is 18.9 Å². The van der Waals surface area contributed by atoms with Crippen LogP contribution in [-0.2, 0) is 0 Å². The Labute approximate surface area is 187 Å². The summed E-state index contributed by atoms with van der Waals surface area (Å²) in [6, 6.07) is 24.9. The highest BCUT2D eigenvalue weighted by atomic mass is 16.5. The van der Waals surface area contributed by atoms with Crippen molar-refractivity contribution in [3.8, 4) is 28.3 Å². The molecule has 0 aliphatic rings. The molecule has 0 saturated carbocycles. The zero-order valence-corrected chi connectivity index (χ0v) is 18.3. The summed E-state index contributed by atoms with van der Waals surface area (Å²) in [4.78, 5) is 13.3. The lowest BCUT2D eigenvalue weighted by molar-refractivity contribution is 0.0935. The Morgan fingerprint density at radius 3 is 2.22 bits per heavy atom. The molecule has 0 bridgehead atoms. The van der Waals surface area contributed by atoms with Crippen LogP contribution in [-0.4, -0.2) is 29.9 Å². The van der Waals surface area contributed by atoms with Crippen molar-refractivity contribution < 1.29 is 14.3 Å². The number of carbonyl (C=O) groups excluding carboxylic acids is 1. The minimum atomic E-state index is -0.249. The van der Waals surface area contributed by atoms with Crippen LogP contribution in [0.25, 0.3) is 16.8 Å². The Morgan fingerprint density at radius 1 is 0.906 bits per heavy atom. The number of hydrogen-bond donors (Lipinski definition) is 1. The van der Waals surface area contributed by atoms with Gasteiger partial charge in [0, 0.05) is 11.8 Å². The maximum absolute atomic E-state index is 13.3. The lowest BCUT2D eigenvalue weighted by Gasteiger charge is -2.14. The van der Waals surface area contributed by atoms with Crippen LogP contribution in [0.2, 0.25) is 0 Å². The summed E-state index contributed by atoms with van der Waals surface area (Å²) >= 11 is 0. The zero-order chi connectivity index (χ0) is 22.5. The second kappa shape index (κ2) is 9.39. The number of nitrogens with one attached hydrogen (secondary N) is 1. The number of nitrogens with zero attached hydrogens (tertiary/aromatic N) is 2. The van der Waals surface area contributed by atoms with Crippen molar-refractivity contribution in [2.24, 2.45) is 0 Å². The highest BCUT2D eigenvalue weighted by Crippen LogP contribution is 2.34. The third-order valence-electron chi connectivity index (χ3n) is 5.29. The van der Waals surface area contributed by atoms with Gasteiger partial charge in [0.05, 0.1) is 25.9 Å². The molecule has 1 N–H and O–H groups in total. The highest BCUT2D eigenvalue weighted by Gasteiger charge is 2.22. The number of amides is 1. The maximum atomic E-state index is 13.3. The summed E-state index contributed by atoms with van der Waals surface area (Å²) in [5.41, 5.74) is 3.74. The summed E-state index contributed by atoms with van der Waals surface area (Å²) in [6.07, 6.45) is 1.86. The molecule has 0 saturated heterocycles. The SMILES string of the molecule is COc1ccc(-c2cn(-c3ccccc3)nc2C(=O)NC(C)c2ccccc2)cc1OC. The third-order valence-corrected chi connectivity index (χ3v) is 5.29. The largest absolute Gasteiger partial charge is 0.493 e. The van der Waals surface area contributed by atoms with Gasteiger partial charge < -0.3 is 14.8 Å².